The first-order chi connectivity index (χ1) is 7.83. The van der Waals surface area contributed by atoms with Crippen molar-refractivity contribution in [3.05, 3.63) is 34.2 Å². The van der Waals surface area contributed by atoms with Crippen molar-refractivity contribution in [1.82, 2.24) is 9.88 Å². The van der Waals surface area contributed by atoms with Crippen molar-refractivity contribution in [1.29, 1.82) is 0 Å². The summed E-state index contributed by atoms with van der Waals surface area (Å²) in [5.74, 6) is -0.203. The molecule has 17 heavy (non-hydrogen) atoms. The maximum Gasteiger partial charge on any atom is 0.255 e. The number of nitrogens with zero attached hydrogens (tertiary/aromatic N) is 1. The van der Waals surface area contributed by atoms with Crippen LogP contribution >= 0.6 is 0 Å². The predicted molar refractivity (Wildman–Crippen MR) is 64.9 cm³/mol. The molecule has 0 aliphatic rings. The van der Waals surface area contributed by atoms with Crippen LogP contribution in [0.15, 0.2) is 23.1 Å². The van der Waals surface area contributed by atoms with Crippen molar-refractivity contribution in [2.75, 3.05) is 13.1 Å². The van der Waals surface area contributed by atoms with Crippen molar-refractivity contribution >= 4 is 5.91 Å². The molecular weight excluding hydrogens is 220 g/mol. The fourth-order valence-corrected chi connectivity index (χ4v) is 1.52. The van der Waals surface area contributed by atoms with Gasteiger partial charge in [0.05, 0.1) is 11.2 Å². The monoisotopic (exact) mass is 238 g/mol. The zero-order chi connectivity index (χ0) is 13.1. The molecule has 5 nitrogen and oxygen atoms in total. The van der Waals surface area contributed by atoms with Crippen LogP contribution in [0.5, 0.6) is 0 Å². The number of rotatable bonds is 4. The zero-order valence-electron chi connectivity index (χ0n) is 10.4. The molecule has 2 N–H and O–H groups in total. The van der Waals surface area contributed by atoms with Crippen LogP contribution in [0.4, 0.5) is 0 Å². The minimum atomic E-state index is -0.937. The van der Waals surface area contributed by atoms with Gasteiger partial charge in [0.1, 0.15) is 0 Å². The Bertz CT molecular complexity index is 425. The molecule has 1 heterocycles. The van der Waals surface area contributed by atoms with Crippen molar-refractivity contribution in [2.24, 2.45) is 0 Å². The molecule has 0 saturated carbocycles. The van der Waals surface area contributed by atoms with Crippen LogP contribution in [-0.4, -0.2) is 39.6 Å². The largest absolute Gasteiger partial charge is 0.389 e. The molecule has 0 aliphatic heterocycles. The van der Waals surface area contributed by atoms with Gasteiger partial charge in [-0.2, -0.15) is 0 Å². The molecule has 1 aromatic heterocycles. The topological polar surface area (TPSA) is 73.4 Å². The van der Waals surface area contributed by atoms with Crippen molar-refractivity contribution in [3.8, 4) is 0 Å². The number of nitrogens with one attached hydrogen (secondary N) is 1. The predicted octanol–water partition coefficient (Wildman–Crippen LogP) is 0.608. The van der Waals surface area contributed by atoms with Crippen LogP contribution in [0.2, 0.25) is 0 Å². The number of aromatic nitrogens is 1. The van der Waals surface area contributed by atoms with Gasteiger partial charge in [-0.05, 0) is 26.8 Å². The summed E-state index contributed by atoms with van der Waals surface area (Å²) in [5.41, 5.74) is -0.767. The van der Waals surface area contributed by atoms with Gasteiger partial charge < -0.3 is 15.0 Å². The van der Waals surface area contributed by atoms with E-state index in [1.54, 1.807) is 13.8 Å². The summed E-state index contributed by atoms with van der Waals surface area (Å²) >= 11 is 0. The Hall–Kier alpha value is -1.62. The van der Waals surface area contributed by atoms with Crippen molar-refractivity contribution in [2.45, 2.75) is 26.4 Å². The Kier molecular flexibility index (Phi) is 4.07. The summed E-state index contributed by atoms with van der Waals surface area (Å²) < 4.78 is 0. The van der Waals surface area contributed by atoms with Gasteiger partial charge in [-0.3, -0.25) is 9.59 Å². The molecule has 0 saturated heterocycles. The first-order valence-corrected chi connectivity index (χ1v) is 5.54. The molecule has 1 aromatic rings. The second-order valence-electron chi connectivity index (χ2n) is 4.57. The molecule has 0 atom stereocenters. The highest BCUT2D eigenvalue weighted by Crippen LogP contribution is 2.08. The van der Waals surface area contributed by atoms with E-state index in [0.29, 0.717) is 12.1 Å². The van der Waals surface area contributed by atoms with Gasteiger partial charge in [0, 0.05) is 25.4 Å². The Labute approximate surface area is 100 Å². The summed E-state index contributed by atoms with van der Waals surface area (Å²) in [6, 6.07) is 2.79. The number of likely N-dealkylation sites (N-methyl/N-ethyl adjacent to an activating group) is 1. The number of aromatic amines is 1. The average molecular weight is 238 g/mol. The van der Waals surface area contributed by atoms with Gasteiger partial charge in [-0.15, -0.1) is 0 Å². The molecule has 0 aromatic carbocycles. The standard InChI is InChI=1S/C12H18N2O3/c1-4-14(8-12(2,3)17)11(16)9-5-6-10(15)13-7-9/h5-7,17H,4,8H2,1-3H3,(H,13,15). The average Bonchev–Trinajstić information content (AvgIpc) is 2.25. The van der Waals surface area contributed by atoms with Gasteiger partial charge in [0.15, 0.2) is 0 Å². The highest BCUT2D eigenvalue weighted by molar-refractivity contribution is 5.93. The van der Waals surface area contributed by atoms with Crippen LogP contribution in [0.1, 0.15) is 31.1 Å². The first-order valence-electron chi connectivity index (χ1n) is 5.54. The summed E-state index contributed by atoms with van der Waals surface area (Å²) in [6.45, 7) is 5.89. The number of carbonyl (C=O) groups excluding carboxylic acids is 1. The summed E-state index contributed by atoms with van der Waals surface area (Å²) in [4.78, 5) is 26.9. The molecule has 1 rings (SSSR count). The lowest BCUT2D eigenvalue weighted by Gasteiger charge is -2.28. The minimum Gasteiger partial charge on any atom is -0.389 e. The number of hydrogen-bond donors (Lipinski definition) is 2. The molecule has 0 radical (unpaired) electrons. The van der Waals surface area contributed by atoms with Crippen molar-refractivity contribution in [3.63, 3.8) is 0 Å². The zero-order valence-corrected chi connectivity index (χ0v) is 10.4. The maximum atomic E-state index is 12.1. The van der Waals surface area contributed by atoms with Crippen LogP contribution in [-0.2, 0) is 0 Å². The number of carbonyl (C=O) groups is 1. The fourth-order valence-electron chi connectivity index (χ4n) is 1.52. The van der Waals surface area contributed by atoms with Crippen LogP contribution in [0.3, 0.4) is 0 Å². The molecule has 1 amide bonds. The Morgan fingerprint density at radius 3 is 2.53 bits per heavy atom. The molecule has 0 fully saturated rings. The van der Waals surface area contributed by atoms with Crippen molar-refractivity contribution < 1.29 is 9.90 Å². The van der Waals surface area contributed by atoms with Gasteiger partial charge in [-0.1, -0.05) is 0 Å². The quantitative estimate of drug-likeness (QED) is 0.807. The lowest BCUT2D eigenvalue weighted by molar-refractivity contribution is 0.0314. The van der Waals surface area contributed by atoms with Gasteiger partial charge in [0.25, 0.3) is 5.91 Å². The van der Waals surface area contributed by atoms with Gasteiger partial charge in [-0.25, -0.2) is 0 Å². The van der Waals surface area contributed by atoms with Crippen LogP contribution in [0.25, 0.3) is 0 Å². The molecule has 0 spiro atoms. The Morgan fingerprint density at radius 1 is 1.47 bits per heavy atom. The van der Waals surface area contributed by atoms with E-state index in [4.69, 9.17) is 0 Å². The number of hydrogen-bond acceptors (Lipinski definition) is 3. The number of amides is 1. The molecule has 94 valence electrons. The fraction of sp³-hybridized carbons (Fsp3) is 0.500. The maximum absolute atomic E-state index is 12.1. The molecule has 0 bridgehead atoms. The van der Waals surface area contributed by atoms with E-state index in [9.17, 15) is 14.7 Å². The van der Waals surface area contributed by atoms with E-state index in [-0.39, 0.29) is 18.0 Å². The van der Waals surface area contributed by atoms with E-state index >= 15 is 0 Å². The van der Waals surface area contributed by atoms with Crippen LogP contribution < -0.4 is 5.56 Å². The number of aliphatic hydroxyl groups is 1. The minimum absolute atomic E-state index is 0.203. The van der Waals surface area contributed by atoms with E-state index < -0.39 is 5.60 Å². The number of pyridine rings is 1. The normalized spacial score (nSPS) is 11.3. The lowest BCUT2D eigenvalue weighted by Crippen LogP contribution is -2.42. The Morgan fingerprint density at radius 2 is 2.12 bits per heavy atom. The molecule has 0 aliphatic carbocycles. The second kappa shape index (κ2) is 5.14. The van der Waals surface area contributed by atoms with Gasteiger partial charge in [0.2, 0.25) is 5.56 Å². The highest BCUT2D eigenvalue weighted by Gasteiger charge is 2.22. The third kappa shape index (κ3) is 4.03. The summed E-state index contributed by atoms with van der Waals surface area (Å²) in [5, 5.41) is 9.71. The van der Waals surface area contributed by atoms with E-state index in [2.05, 4.69) is 4.98 Å². The SMILES string of the molecule is CCN(CC(C)(C)O)C(=O)c1ccc(=O)[nH]c1. The summed E-state index contributed by atoms with van der Waals surface area (Å²) in [7, 11) is 0. The lowest BCUT2D eigenvalue weighted by atomic mass is 10.1. The molecular formula is C12H18N2O3. The second-order valence-corrected chi connectivity index (χ2v) is 4.57. The number of H-pyrrole nitrogens is 1. The smallest absolute Gasteiger partial charge is 0.255 e. The summed E-state index contributed by atoms with van der Waals surface area (Å²) in [6.07, 6.45) is 1.39. The molecule has 5 heteroatoms. The van der Waals surface area contributed by atoms with Gasteiger partial charge >= 0.3 is 0 Å². The van der Waals surface area contributed by atoms with E-state index in [1.807, 2.05) is 6.92 Å². The first kappa shape index (κ1) is 13.4. The molecule has 0 unspecified atom stereocenters. The third-order valence-corrected chi connectivity index (χ3v) is 2.28. The highest BCUT2D eigenvalue weighted by atomic mass is 16.3. The van der Waals surface area contributed by atoms with E-state index in [0.717, 1.165) is 0 Å². The third-order valence-electron chi connectivity index (χ3n) is 2.28. The van der Waals surface area contributed by atoms with E-state index in [1.165, 1.54) is 23.2 Å². The Balaban J connectivity index is 2.86. The van der Waals surface area contributed by atoms with Crippen LogP contribution in [0, 0.1) is 0 Å².